The first kappa shape index (κ1) is 18.8. The van der Waals surface area contributed by atoms with Crippen molar-refractivity contribution in [2.45, 2.75) is 44.2 Å². The molecule has 1 aliphatic rings. The predicted molar refractivity (Wildman–Crippen MR) is 103 cm³/mol. The summed E-state index contributed by atoms with van der Waals surface area (Å²) < 4.78 is 42.9. The number of aromatic nitrogens is 6. The van der Waals surface area contributed by atoms with E-state index in [0.717, 1.165) is 22.2 Å². The van der Waals surface area contributed by atoms with Gasteiger partial charge in [-0.05, 0) is 37.8 Å². The third kappa shape index (κ3) is 3.80. The lowest BCUT2D eigenvalue weighted by Crippen LogP contribution is -2.33. The van der Waals surface area contributed by atoms with Gasteiger partial charge in [-0.3, -0.25) is 4.74 Å². The Labute approximate surface area is 168 Å². The van der Waals surface area contributed by atoms with Crippen LogP contribution in [0.1, 0.15) is 25.7 Å². The maximum Gasteiger partial charge on any atom is 0.522 e. The molecule has 0 amide bonds. The van der Waals surface area contributed by atoms with Crippen LogP contribution in [0, 0.1) is 0 Å². The standard InChI is InChI=1S/C19H18F3N7O/c20-19(21,22)30-13-4-2-12(3-5-13)27-18-24-8-15-14(7-23-17(15)28-18)11-1-6-16-25-10-26-29(16)9-11/h1,6-10,12-13H,2-5H2,(H2,23,24,27,28). The van der Waals surface area contributed by atoms with Crippen LogP contribution in [0.2, 0.25) is 0 Å². The Balaban J connectivity index is 1.29. The highest BCUT2D eigenvalue weighted by Gasteiger charge is 2.35. The number of halogens is 3. The van der Waals surface area contributed by atoms with Crippen LogP contribution < -0.4 is 5.32 Å². The number of pyridine rings is 1. The summed E-state index contributed by atoms with van der Waals surface area (Å²) in [6.07, 6.45) is 3.44. The topological polar surface area (TPSA) is 93.0 Å². The van der Waals surface area contributed by atoms with Crippen molar-refractivity contribution < 1.29 is 17.9 Å². The third-order valence-electron chi connectivity index (χ3n) is 5.32. The number of rotatable bonds is 4. The number of fused-ring (bicyclic) bond motifs is 2. The summed E-state index contributed by atoms with van der Waals surface area (Å²) in [5.41, 5.74) is 3.33. The fourth-order valence-corrected chi connectivity index (χ4v) is 3.89. The number of ether oxygens (including phenoxy) is 1. The maximum absolute atomic E-state index is 12.3. The van der Waals surface area contributed by atoms with Gasteiger partial charge in [0, 0.05) is 41.1 Å². The van der Waals surface area contributed by atoms with Gasteiger partial charge in [-0.25, -0.2) is 14.5 Å². The van der Waals surface area contributed by atoms with Crippen molar-refractivity contribution in [3.8, 4) is 11.1 Å². The molecule has 5 rings (SSSR count). The lowest BCUT2D eigenvalue weighted by atomic mass is 9.93. The number of H-pyrrole nitrogens is 1. The molecule has 1 aliphatic carbocycles. The van der Waals surface area contributed by atoms with Crippen LogP contribution in [0.3, 0.4) is 0 Å². The summed E-state index contributed by atoms with van der Waals surface area (Å²) in [6, 6.07) is 3.86. The first-order chi connectivity index (χ1) is 14.4. The van der Waals surface area contributed by atoms with E-state index in [4.69, 9.17) is 0 Å². The fraction of sp³-hybridized carbons (Fsp3) is 0.368. The van der Waals surface area contributed by atoms with Crippen molar-refractivity contribution in [3.05, 3.63) is 37.1 Å². The summed E-state index contributed by atoms with van der Waals surface area (Å²) >= 11 is 0. The van der Waals surface area contributed by atoms with Crippen LogP contribution in [0.5, 0.6) is 0 Å². The molecule has 4 heterocycles. The van der Waals surface area contributed by atoms with Gasteiger partial charge in [0.25, 0.3) is 0 Å². The van der Waals surface area contributed by atoms with Gasteiger partial charge in [0.15, 0.2) is 5.65 Å². The number of aromatic amines is 1. The van der Waals surface area contributed by atoms with E-state index in [-0.39, 0.29) is 6.04 Å². The highest BCUT2D eigenvalue weighted by atomic mass is 19.4. The van der Waals surface area contributed by atoms with E-state index in [1.807, 2.05) is 24.5 Å². The Kier molecular flexibility index (Phi) is 4.54. The first-order valence-corrected chi connectivity index (χ1v) is 9.59. The smallest absolute Gasteiger partial charge is 0.351 e. The molecule has 156 valence electrons. The molecule has 0 aliphatic heterocycles. The quantitative estimate of drug-likeness (QED) is 0.523. The molecular weight excluding hydrogens is 399 g/mol. The minimum absolute atomic E-state index is 0.0136. The van der Waals surface area contributed by atoms with E-state index in [9.17, 15) is 13.2 Å². The lowest BCUT2D eigenvalue weighted by molar-refractivity contribution is -0.345. The summed E-state index contributed by atoms with van der Waals surface area (Å²) in [5, 5.41) is 8.24. The van der Waals surface area contributed by atoms with Gasteiger partial charge in [-0.15, -0.1) is 13.2 Å². The van der Waals surface area contributed by atoms with Gasteiger partial charge in [0.2, 0.25) is 5.95 Å². The highest BCUT2D eigenvalue weighted by molar-refractivity contribution is 5.93. The molecule has 0 saturated heterocycles. The molecule has 4 aromatic heterocycles. The second kappa shape index (κ2) is 7.24. The fourth-order valence-electron chi connectivity index (χ4n) is 3.89. The van der Waals surface area contributed by atoms with Crippen LogP contribution >= 0.6 is 0 Å². The molecule has 11 heteroatoms. The number of hydrogen-bond acceptors (Lipinski definition) is 6. The van der Waals surface area contributed by atoms with E-state index in [1.165, 1.54) is 6.33 Å². The first-order valence-electron chi connectivity index (χ1n) is 9.59. The number of anilines is 1. The number of hydrogen-bond donors (Lipinski definition) is 2. The van der Waals surface area contributed by atoms with Crippen LogP contribution in [-0.4, -0.2) is 48.1 Å². The van der Waals surface area contributed by atoms with Crippen molar-refractivity contribution in [2.75, 3.05) is 5.32 Å². The molecule has 0 spiro atoms. The summed E-state index contributed by atoms with van der Waals surface area (Å²) in [7, 11) is 0. The van der Waals surface area contributed by atoms with Gasteiger partial charge in [0.05, 0.1) is 6.10 Å². The Morgan fingerprint density at radius 2 is 1.97 bits per heavy atom. The second-order valence-corrected chi connectivity index (χ2v) is 7.32. The number of nitrogens with one attached hydrogen (secondary N) is 2. The molecule has 1 saturated carbocycles. The molecule has 30 heavy (non-hydrogen) atoms. The molecule has 0 atom stereocenters. The van der Waals surface area contributed by atoms with E-state index in [0.29, 0.717) is 37.3 Å². The molecular formula is C19H18F3N7O. The molecule has 0 aromatic carbocycles. The van der Waals surface area contributed by atoms with E-state index >= 15 is 0 Å². The Hall–Kier alpha value is -3.21. The van der Waals surface area contributed by atoms with Crippen LogP contribution in [0.15, 0.2) is 37.1 Å². The van der Waals surface area contributed by atoms with Crippen molar-refractivity contribution in [1.29, 1.82) is 0 Å². The molecule has 8 nitrogen and oxygen atoms in total. The molecule has 2 N–H and O–H groups in total. The third-order valence-corrected chi connectivity index (χ3v) is 5.32. The zero-order chi connectivity index (χ0) is 20.7. The average Bonchev–Trinajstić information content (AvgIpc) is 3.34. The molecule has 0 radical (unpaired) electrons. The Morgan fingerprint density at radius 3 is 2.77 bits per heavy atom. The highest BCUT2D eigenvalue weighted by Crippen LogP contribution is 2.30. The Bertz CT molecular complexity index is 1180. The zero-order valence-corrected chi connectivity index (χ0v) is 15.7. The largest absolute Gasteiger partial charge is 0.522 e. The molecule has 0 unspecified atom stereocenters. The van der Waals surface area contributed by atoms with Crippen molar-refractivity contribution in [2.24, 2.45) is 0 Å². The molecule has 0 bridgehead atoms. The van der Waals surface area contributed by atoms with Crippen molar-refractivity contribution >= 4 is 22.6 Å². The minimum Gasteiger partial charge on any atom is -0.351 e. The van der Waals surface area contributed by atoms with Gasteiger partial charge in [-0.1, -0.05) is 0 Å². The predicted octanol–water partition coefficient (Wildman–Crippen LogP) is 3.93. The summed E-state index contributed by atoms with van der Waals surface area (Å²) in [5.74, 6) is 0.447. The Morgan fingerprint density at radius 1 is 1.13 bits per heavy atom. The molecule has 1 fully saturated rings. The summed E-state index contributed by atoms with van der Waals surface area (Å²) in [4.78, 5) is 16.2. The summed E-state index contributed by atoms with van der Waals surface area (Å²) in [6.45, 7) is 0. The zero-order valence-electron chi connectivity index (χ0n) is 15.7. The second-order valence-electron chi connectivity index (χ2n) is 7.32. The van der Waals surface area contributed by atoms with Crippen molar-refractivity contribution in [3.63, 3.8) is 0 Å². The van der Waals surface area contributed by atoms with Crippen molar-refractivity contribution in [1.82, 2.24) is 29.5 Å². The minimum atomic E-state index is -4.58. The average molecular weight is 417 g/mol. The SMILES string of the molecule is FC(F)(F)OC1CCC(Nc2ncc3c(-c4ccc5ncnn5c4)c[nH]c3n2)CC1. The van der Waals surface area contributed by atoms with Crippen LogP contribution in [0.4, 0.5) is 19.1 Å². The van der Waals surface area contributed by atoms with E-state index in [2.05, 4.69) is 35.1 Å². The molecule has 4 aromatic rings. The van der Waals surface area contributed by atoms with Gasteiger partial charge < -0.3 is 10.3 Å². The lowest BCUT2D eigenvalue weighted by Gasteiger charge is -2.29. The number of nitrogens with zero attached hydrogens (tertiary/aromatic N) is 5. The van der Waals surface area contributed by atoms with Crippen LogP contribution in [0.25, 0.3) is 27.8 Å². The van der Waals surface area contributed by atoms with E-state index < -0.39 is 12.5 Å². The normalized spacial score (nSPS) is 20.1. The maximum atomic E-state index is 12.3. The van der Waals surface area contributed by atoms with Crippen LogP contribution in [-0.2, 0) is 4.74 Å². The van der Waals surface area contributed by atoms with E-state index in [1.54, 1.807) is 10.7 Å². The van der Waals surface area contributed by atoms with Gasteiger partial charge >= 0.3 is 6.36 Å². The monoisotopic (exact) mass is 417 g/mol. The van der Waals surface area contributed by atoms with Gasteiger partial charge in [-0.2, -0.15) is 10.1 Å². The number of alkyl halides is 3. The van der Waals surface area contributed by atoms with Gasteiger partial charge in [0.1, 0.15) is 12.0 Å².